The number of nitrogens with one attached hydrogen (secondary N) is 1. The summed E-state index contributed by atoms with van der Waals surface area (Å²) in [6.07, 6.45) is -4.37. The van der Waals surface area contributed by atoms with Crippen LogP contribution in [0.4, 0.5) is 24.5 Å². The zero-order chi connectivity index (χ0) is 18.7. The summed E-state index contributed by atoms with van der Waals surface area (Å²) < 4.78 is 38.0. The van der Waals surface area contributed by atoms with E-state index in [4.69, 9.17) is 0 Å². The molecule has 2 aromatic carbocycles. The number of hydrogen-bond donors (Lipinski definition) is 2. The van der Waals surface area contributed by atoms with Gasteiger partial charge in [0.2, 0.25) is 5.82 Å². The molecule has 0 bridgehead atoms. The number of para-hydroxylation sites is 1. The summed E-state index contributed by atoms with van der Waals surface area (Å²) in [7, 11) is 0. The molecule has 136 valence electrons. The monoisotopic (exact) mass is 363 g/mol. The number of hydrogen-bond acceptors (Lipinski definition) is 5. The Balaban J connectivity index is 1.87. The van der Waals surface area contributed by atoms with Gasteiger partial charge in [-0.25, -0.2) is 0 Å². The number of alkyl halides is 3. The van der Waals surface area contributed by atoms with Gasteiger partial charge in [0.05, 0.1) is 18.2 Å². The average Bonchev–Trinajstić information content (AvgIpc) is 3.11. The van der Waals surface area contributed by atoms with E-state index in [2.05, 4.69) is 20.7 Å². The van der Waals surface area contributed by atoms with Crippen molar-refractivity contribution in [1.29, 1.82) is 0 Å². The molecule has 0 saturated heterocycles. The Labute approximate surface area is 147 Å². The number of rotatable bonds is 5. The summed E-state index contributed by atoms with van der Waals surface area (Å²) in [5.74, 6) is 0.348. The summed E-state index contributed by atoms with van der Waals surface area (Å²) in [6, 6.07) is 11.6. The van der Waals surface area contributed by atoms with Gasteiger partial charge in [-0.15, -0.1) is 10.2 Å². The van der Waals surface area contributed by atoms with Crippen molar-refractivity contribution in [2.45, 2.75) is 19.1 Å². The molecular formula is C17H16F3N5O. The molecule has 0 aliphatic rings. The molecule has 0 radical (unpaired) electrons. The van der Waals surface area contributed by atoms with Gasteiger partial charge in [0.25, 0.3) is 0 Å². The van der Waals surface area contributed by atoms with Crippen LogP contribution in [0.25, 0.3) is 11.4 Å². The highest BCUT2D eigenvalue weighted by Gasteiger charge is 2.29. The van der Waals surface area contributed by atoms with Gasteiger partial charge in [-0.2, -0.15) is 18.0 Å². The fraction of sp³-hybridized carbons (Fsp3) is 0.235. The third-order valence-corrected chi connectivity index (χ3v) is 3.75. The highest BCUT2D eigenvalue weighted by Crippen LogP contribution is 2.32. The van der Waals surface area contributed by atoms with Crippen LogP contribution in [-0.4, -0.2) is 31.9 Å². The molecule has 0 saturated carbocycles. The van der Waals surface area contributed by atoms with Crippen molar-refractivity contribution >= 4 is 11.4 Å². The Morgan fingerprint density at radius 1 is 1.12 bits per heavy atom. The summed E-state index contributed by atoms with van der Waals surface area (Å²) in [5, 5.41) is 24.4. The Morgan fingerprint density at radius 2 is 1.81 bits per heavy atom. The zero-order valence-electron chi connectivity index (χ0n) is 13.8. The lowest BCUT2D eigenvalue weighted by Gasteiger charge is -2.11. The third-order valence-electron chi connectivity index (χ3n) is 3.75. The summed E-state index contributed by atoms with van der Waals surface area (Å²) >= 11 is 0. The van der Waals surface area contributed by atoms with E-state index < -0.39 is 11.7 Å². The number of aromatic nitrogens is 4. The van der Waals surface area contributed by atoms with Gasteiger partial charge in [0.1, 0.15) is 0 Å². The van der Waals surface area contributed by atoms with Gasteiger partial charge < -0.3 is 10.4 Å². The van der Waals surface area contributed by atoms with Crippen LogP contribution in [0.2, 0.25) is 0 Å². The molecule has 9 heteroatoms. The second-order valence-corrected chi connectivity index (χ2v) is 5.71. The molecule has 0 amide bonds. The fourth-order valence-corrected chi connectivity index (χ4v) is 2.28. The molecule has 1 aromatic heterocycles. The van der Waals surface area contributed by atoms with Crippen LogP contribution in [0.15, 0.2) is 48.5 Å². The van der Waals surface area contributed by atoms with Crippen molar-refractivity contribution in [1.82, 2.24) is 20.2 Å². The van der Waals surface area contributed by atoms with Gasteiger partial charge in [-0.05, 0) is 48.5 Å². The Hall–Kier alpha value is -2.94. The topological polar surface area (TPSA) is 75.9 Å². The molecule has 6 nitrogen and oxygen atoms in total. The Bertz CT molecular complexity index is 877. The van der Waals surface area contributed by atoms with Crippen molar-refractivity contribution in [3.63, 3.8) is 0 Å². The number of benzene rings is 2. The molecule has 0 unspecified atom stereocenters. The Morgan fingerprint density at radius 3 is 2.46 bits per heavy atom. The smallest absolute Gasteiger partial charge is 0.394 e. The van der Waals surface area contributed by atoms with Crippen molar-refractivity contribution < 1.29 is 18.3 Å². The van der Waals surface area contributed by atoms with Gasteiger partial charge in [-0.3, -0.25) is 0 Å². The minimum Gasteiger partial charge on any atom is -0.394 e. The SMILES string of the molecule is C[C@@H](CO)n1nnc(-c2ccccc2Nc2ccc(C(F)(F)F)cc2)n1. The van der Waals surface area contributed by atoms with Gasteiger partial charge in [-0.1, -0.05) is 12.1 Å². The highest BCUT2D eigenvalue weighted by atomic mass is 19.4. The molecule has 3 aromatic rings. The molecule has 0 fully saturated rings. The van der Waals surface area contributed by atoms with E-state index in [1.165, 1.54) is 16.9 Å². The van der Waals surface area contributed by atoms with Crippen molar-refractivity contribution in [2.24, 2.45) is 0 Å². The Kier molecular flexibility index (Phi) is 4.90. The van der Waals surface area contributed by atoms with E-state index in [-0.39, 0.29) is 12.6 Å². The van der Waals surface area contributed by atoms with Crippen molar-refractivity contribution in [3.8, 4) is 11.4 Å². The average molecular weight is 363 g/mol. The molecule has 0 spiro atoms. The number of nitrogens with zero attached hydrogens (tertiary/aromatic N) is 4. The van der Waals surface area contributed by atoms with Crippen LogP contribution in [0.5, 0.6) is 0 Å². The summed E-state index contributed by atoms with van der Waals surface area (Å²) in [4.78, 5) is 1.31. The van der Waals surface area contributed by atoms with Crippen LogP contribution in [0, 0.1) is 0 Å². The maximum absolute atomic E-state index is 12.7. The maximum Gasteiger partial charge on any atom is 0.416 e. The van der Waals surface area contributed by atoms with E-state index in [1.807, 2.05) is 0 Å². The van der Waals surface area contributed by atoms with E-state index in [1.54, 1.807) is 31.2 Å². The number of anilines is 2. The van der Waals surface area contributed by atoms with Crippen molar-refractivity contribution in [3.05, 3.63) is 54.1 Å². The molecular weight excluding hydrogens is 347 g/mol. The van der Waals surface area contributed by atoms with Crippen LogP contribution >= 0.6 is 0 Å². The van der Waals surface area contributed by atoms with E-state index in [0.717, 1.165) is 12.1 Å². The van der Waals surface area contributed by atoms with Gasteiger partial charge >= 0.3 is 6.18 Å². The molecule has 0 aliphatic carbocycles. The lowest BCUT2D eigenvalue weighted by molar-refractivity contribution is -0.137. The van der Waals surface area contributed by atoms with Gasteiger partial charge in [0, 0.05) is 16.9 Å². The predicted octanol–water partition coefficient (Wildman–Crippen LogP) is 3.66. The summed E-state index contributed by atoms with van der Waals surface area (Å²) in [6.45, 7) is 1.62. The molecule has 1 heterocycles. The molecule has 1 atom stereocenters. The largest absolute Gasteiger partial charge is 0.416 e. The zero-order valence-corrected chi connectivity index (χ0v) is 13.8. The first-order valence-electron chi connectivity index (χ1n) is 7.82. The van der Waals surface area contributed by atoms with Crippen molar-refractivity contribution in [2.75, 3.05) is 11.9 Å². The predicted molar refractivity (Wildman–Crippen MR) is 89.8 cm³/mol. The maximum atomic E-state index is 12.7. The van der Waals surface area contributed by atoms with Crippen LogP contribution in [-0.2, 0) is 6.18 Å². The summed E-state index contributed by atoms with van der Waals surface area (Å²) in [5.41, 5.74) is 1.06. The molecule has 0 aliphatic heterocycles. The lowest BCUT2D eigenvalue weighted by atomic mass is 10.1. The number of aliphatic hydroxyl groups is 1. The fourth-order valence-electron chi connectivity index (χ4n) is 2.28. The third kappa shape index (κ3) is 3.83. The lowest BCUT2D eigenvalue weighted by Crippen LogP contribution is -2.12. The molecule has 26 heavy (non-hydrogen) atoms. The standard InChI is InChI=1S/C17H16F3N5O/c1-11(10-26)25-23-16(22-24-25)14-4-2-3-5-15(14)21-13-8-6-12(7-9-13)17(18,19)20/h2-9,11,21,26H,10H2,1H3/t11-/m0/s1. The first kappa shape index (κ1) is 17.9. The second-order valence-electron chi connectivity index (χ2n) is 5.71. The first-order chi connectivity index (χ1) is 12.4. The number of tetrazole rings is 1. The first-order valence-corrected chi connectivity index (χ1v) is 7.82. The van der Waals surface area contributed by atoms with Gasteiger partial charge in [0.15, 0.2) is 0 Å². The van der Waals surface area contributed by atoms with Crippen LogP contribution in [0.3, 0.4) is 0 Å². The minimum absolute atomic E-state index is 0.124. The number of halogens is 3. The van der Waals surface area contributed by atoms with E-state index >= 15 is 0 Å². The molecule has 2 N–H and O–H groups in total. The quantitative estimate of drug-likeness (QED) is 0.724. The minimum atomic E-state index is -4.37. The second kappa shape index (κ2) is 7.12. The van der Waals surface area contributed by atoms with E-state index in [0.29, 0.717) is 22.8 Å². The number of aliphatic hydroxyl groups excluding tert-OH is 1. The normalized spacial score (nSPS) is 12.8. The van der Waals surface area contributed by atoms with Crippen LogP contribution in [0.1, 0.15) is 18.5 Å². The molecule has 3 rings (SSSR count). The van der Waals surface area contributed by atoms with Crippen LogP contribution < -0.4 is 5.32 Å². The highest BCUT2D eigenvalue weighted by molar-refractivity contribution is 5.77. The van der Waals surface area contributed by atoms with E-state index in [9.17, 15) is 18.3 Å².